The number of hydrogen-bond donors (Lipinski definition) is 3. The van der Waals surface area contributed by atoms with E-state index >= 15 is 0 Å². The Kier molecular flexibility index (Phi) is 3.56. The van der Waals surface area contributed by atoms with Crippen LogP contribution in [0.5, 0.6) is 0 Å². The van der Waals surface area contributed by atoms with Crippen LogP contribution in [0.4, 0.5) is 11.8 Å². The van der Waals surface area contributed by atoms with Crippen LogP contribution < -0.4 is 11.1 Å². The maximum Gasteiger partial charge on any atom is 0.224 e. The van der Waals surface area contributed by atoms with Crippen LogP contribution in [0.3, 0.4) is 0 Å². The minimum Gasteiger partial charge on any atom is -0.396 e. The van der Waals surface area contributed by atoms with Gasteiger partial charge in [-0.25, -0.2) is 4.98 Å². The van der Waals surface area contributed by atoms with Crippen LogP contribution >= 0.6 is 0 Å². The number of nitrogens with two attached hydrogens (primary N) is 1. The standard InChI is InChI=1S/C11H18N4O/c12-10-5-6-13-11(15-10)14-9-4-2-1-3-8(9)7-16/h5-6,8-9,16H,1-4,7H2,(H3,12,13,14,15). The van der Waals surface area contributed by atoms with E-state index in [0.717, 1.165) is 12.8 Å². The van der Waals surface area contributed by atoms with Gasteiger partial charge in [-0.3, -0.25) is 0 Å². The summed E-state index contributed by atoms with van der Waals surface area (Å²) in [6.45, 7) is 0.222. The van der Waals surface area contributed by atoms with Gasteiger partial charge >= 0.3 is 0 Å². The van der Waals surface area contributed by atoms with E-state index in [4.69, 9.17) is 5.73 Å². The minimum absolute atomic E-state index is 0.222. The fourth-order valence-corrected chi connectivity index (χ4v) is 2.22. The number of nitrogens with zero attached hydrogens (tertiary/aromatic N) is 2. The van der Waals surface area contributed by atoms with Gasteiger partial charge < -0.3 is 16.2 Å². The van der Waals surface area contributed by atoms with Crippen molar-refractivity contribution in [1.82, 2.24) is 9.97 Å². The molecule has 2 atom stereocenters. The Hall–Kier alpha value is -1.36. The lowest BCUT2D eigenvalue weighted by molar-refractivity contribution is 0.178. The highest BCUT2D eigenvalue weighted by molar-refractivity contribution is 5.35. The summed E-state index contributed by atoms with van der Waals surface area (Å²) in [7, 11) is 0. The summed E-state index contributed by atoms with van der Waals surface area (Å²) >= 11 is 0. The van der Waals surface area contributed by atoms with Gasteiger partial charge in [0.15, 0.2) is 0 Å². The van der Waals surface area contributed by atoms with E-state index in [-0.39, 0.29) is 12.6 Å². The van der Waals surface area contributed by atoms with Crippen molar-refractivity contribution in [2.75, 3.05) is 17.7 Å². The van der Waals surface area contributed by atoms with Gasteiger partial charge in [0.05, 0.1) is 0 Å². The van der Waals surface area contributed by atoms with Crippen molar-refractivity contribution in [3.05, 3.63) is 12.3 Å². The number of rotatable bonds is 3. The fraction of sp³-hybridized carbons (Fsp3) is 0.636. The van der Waals surface area contributed by atoms with Crippen molar-refractivity contribution < 1.29 is 5.11 Å². The maximum atomic E-state index is 9.29. The molecule has 1 aromatic heterocycles. The Balaban J connectivity index is 2.02. The Morgan fingerprint density at radius 1 is 1.44 bits per heavy atom. The predicted molar refractivity (Wildman–Crippen MR) is 62.9 cm³/mol. The van der Waals surface area contributed by atoms with E-state index in [1.165, 1.54) is 12.8 Å². The first kappa shape index (κ1) is 11.1. The molecular weight excluding hydrogens is 204 g/mol. The van der Waals surface area contributed by atoms with Gasteiger partial charge in [-0.15, -0.1) is 0 Å². The van der Waals surface area contributed by atoms with Gasteiger partial charge in [-0.05, 0) is 18.9 Å². The van der Waals surface area contributed by atoms with Crippen LogP contribution in [-0.2, 0) is 0 Å². The van der Waals surface area contributed by atoms with Crippen molar-refractivity contribution in [3.63, 3.8) is 0 Å². The minimum atomic E-state index is 0.222. The van der Waals surface area contributed by atoms with E-state index < -0.39 is 0 Å². The summed E-state index contributed by atoms with van der Waals surface area (Å²) in [6, 6.07) is 1.93. The zero-order chi connectivity index (χ0) is 11.4. The van der Waals surface area contributed by atoms with Crippen molar-refractivity contribution >= 4 is 11.8 Å². The van der Waals surface area contributed by atoms with Gasteiger partial charge in [0, 0.05) is 24.8 Å². The molecule has 0 aromatic carbocycles. The van der Waals surface area contributed by atoms with Gasteiger partial charge in [0.2, 0.25) is 5.95 Å². The van der Waals surface area contributed by atoms with Gasteiger partial charge in [-0.2, -0.15) is 4.98 Å². The molecule has 0 amide bonds. The summed E-state index contributed by atoms with van der Waals surface area (Å²) in [5, 5.41) is 12.5. The SMILES string of the molecule is Nc1ccnc(NC2CCCCC2CO)n1. The smallest absolute Gasteiger partial charge is 0.224 e. The molecule has 0 bridgehead atoms. The third-order valence-electron chi connectivity index (χ3n) is 3.14. The zero-order valence-electron chi connectivity index (χ0n) is 9.26. The first-order valence-electron chi connectivity index (χ1n) is 5.75. The molecule has 1 aromatic rings. The molecule has 2 unspecified atom stereocenters. The summed E-state index contributed by atoms with van der Waals surface area (Å²) in [5.41, 5.74) is 5.59. The van der Waals surface area contributed by atoms with Crippen LogP contribution in [0.2, 0.25) is 0 Å². The number of aromatic nitrogens is 2. The second kappa shape index (κ2) is 5.12. The molecule has 16 heavy (non-hydrogen) atoms. The van der Waals surface area contributed by atoms with E-state index in [9.17, 15) is 5.11 Å². The van der Waals surface area contributed by atoms with Crippen LogP contribution in [0.25, 0.3) is 0 Å². The summed E-state index contributed by atoms with van der Waals surface area (Å²) in [4.78, 5) is 8.23. The number of hydrogen-bond acceptors (Lipinski definition) is 5. The summed E-state index contributed by atoms with van der Waals surface area (Å²) in [5.74, 6) is 1.33. The number of aliphatic hydroxyl groups is 1. The Morgan fingerprint density at radius 3 is 3.00 bits per heavy atom. The lowest BCUT2D eigenvalue weighted by Crippen LogP contribution is -2.34. The number of aliphatic hydroxyl groups excluding tert-OH is 1. The largest absolute Gasteiger partial charge is 0.396 e. The topological polar surface area (TPSA) is 84.1 Å². The second-order valence-corrected chi connectivity index (χ2v) is 4.28. The fourth-order valence-electron chi connectivity index (χ4n) is 2.22. The highest BCUT2D eigenvalue weighted by atomic mass is 16.3. The Morgan fingerprint density at radius 2 is 2.25 bits per heavy atom. The summed E-state index contributed by atoms with van der Waals surface area (Å²) in [6.07, 6.45) is 6.15. The molecule has 0 aliphatic heterocycles. The van der Waals surface area contributed by atoms with Crippen LogP contribution in [-0.4, -0.2) is 27.7 Å². The van der Waals surface area contributed by atoms with Crippen LogP contribution in [0.15, 0.2) is 12.3 Å². The normalized spacial score (nSPS) is 25.3. The quantitative estimate of drug-likeness (QED) is 0.711. The highest BCUT2D eigenvalue weighted by Gasteiger charge is 2.24. The van der Waals surface area contributed by atoms with Crippen molar-refractivity contribution in [3.8, 4) is 0 Å². The Bertz CT molecular complexity index is 345. The van der Waals surface area contributed by atoms with E-state index in [0.29, 0.717) is 17.7 Å². The zero-order valence-corrected chi connectivity index (χ0v) is 9.26. The molecule has 0 radical (unpaired) electrons. The lowest BCUT2D eigenvalue weighted by Gasteiger charge is -2.30. The molecule has 0 spiro atoms. The molecule has 1 heterocycles. The van der Waals surface area contributed by atoms with Crippen molar-refractivity contribution in [1.29, 1.82) is 0 Å². The molecule has 1 saturated carbocycles. The lowest BCUT2D eigenvalue weighted by atomic mass is 9.85. The molecule has 5 nitrogen and oxygen atoms in total. The highest BCUT2D eigenvalue weighted by Crippen LogP contribution is 2.26. The predicted octanol–water partition coefficient (Wildman–Crippen LogP) is 1.02. The molecule has 1 aliphatic rings. The first-order valence-corrected chi connectivity index (χ1v) is 5.75. The van der Waals surface area contributed by atoms with Gasteiger partial charge in [0.25, 0.3) is 0 Å². The second-order valence-electron chi connectivity index (χ2n) is 4.28. The number of nitrogens with one attached hydrogen (secondary N) is 1. The molecule has 1 fully saturated rings. The van der Waals surface area contributed by atoms with E-state index in [1.807, 2.05) is 0 Å². The molecule has 1 aliphatic carbocycles. The average Bonchev–Trinajstić information content (AvgIpc) is 2.30. The number of nitrogen functional groups attached to an aromatic ring is 1. The molecule has 2 rings (SSSR count). The third kappa shape index (κ3) is 2.61. The average molecular weight is 222 g/mol. The third-order valence-corrected chi connectivity index (χ3v) is 3.14. The Labute approximate surface area is 95.1 Å². The van der Waals surface area contributed by atoms with Crippen molar-refractivity contribution in [2.24, 2.45) is 5.92 Å². The maximum absolute atomic E-state index is 9.29. The van der Waals surface area contributed by atoms with Crippen molar-refractivity contribution in [2.45, 2.75) is 31.7 Å². The van der Waals surface area contributed by atoms with E-state index in [1.54, 1.807) is 12.3 Å². The molecule has 0 saturated heterocycles. The van der Waals surface area contributed by atoms with Gasteiger partial charge in [-0.1, -0.05) is 12.8 Å². The molecule has 5 heteroatoms. The molecule has 88 valence electrons. The number of anilines is 2. The van der Waals surface area contributed by atoms with Crippen LogP contribution in [0.1, 0.15) is 25.7 Å². The van der Waals surface area contributed by atoms with Gasteiger partial charge in [0.1, 0.15) is 5.82 Å². The first-order chi connectivity index (χ1) is 7.79. The van der Waals surface area contributed by atoms with Crippen LogP contribution in [0, 0.1) is 5.92 Å². The monoisotopic (exact) mass is 222 g/mol. The molecular formula is C11H18N4O. The molecule has 4 N–H and O–H groups in total. The van der Waals surface area contributed by atoms with E-state index in [2.05, 4.69) is 15.3 Å². The summed E-state index contributed by atoms with van der Waals surface area (Å²) < 4.78 is 0.